The molecule has 2 N–H and O–H groups in total. The maximum absolute atomic E-state index is 6.11. The van der Waals surface area contributed by atoms with Crippen molar-refractivity contribution in [3.05, 3.63) is 59.7 Å². The first-order valence-electron chi connectivity index (χ1n) is 9.11. The van der Waals surface area contributed by atoms with Gasteiger partial charge in [-0.3, -0.25) is 0 Å². The van der Waals surface area contributed by atoms with Crippen molar-refractivity contribution in [3.63, 3.8) is 0 Å². The standard InChI is InChI=1S/C21H28N2O2.2ClH/c1-24-20-9-5-8-19(15-23-14-17-10-12-22-13-11-17)21(20)25-16-18-6-3-2-4-7-18;;/h2-9,17,22-23H,10-16H2,1H3;2*1H/p-2. The van der Waals surface area contributed by atoms with E-state index in [9.17, 15) is 0 Å². The highest BCUT2D eigenvalue weighted by molar-refractivity contribution is 5.46. The fourth-order valence-electron chi connectivity index (χ4n) is 3.25. The van der Waals surface area contributed by atoms with E-state index in [-0.39, 0.29) is 24.8 Å². The zero-order chi connectivity index (χ0) is 17.3. The maximum Gasteiger partial charge on any atom is 0.166 e. The lowest BCUT2D eigenvalue weighted by Gasteiger charge is -2.23. The van der Waals surface area contributed by atoms with E-state index in [1.165, 1.54) is 12.8 Å². The first kappa shape index (κ1) is 23.6. The molecule has 150 valence electrons. The molecule has 6 heteroatoms. The molecule has 0 unspecified atom stereocenters. The predicted molar refractivity (Wildman–Crippen MR) is 101 cm³/mol. The zero-order valence-corrected chi connectivity index (χ0v) is 17.2. The highest BCUT2D eigenvalue weighted by Crippen LogP contribution is 2.31. The Hall–Kier alpha value is -1.46. The van der Waals surface area contributed by atoms with E-state index in [0.717, 1.165) is 54.7 Å². The molecule has 3 rings (SSSR count). The summed E-state index contributed by atoms with van der Waals surface area (Å²) in [4.78, 5) is 0. The average Bonchev–Trinajstić information content (AvgIpc) is 2.68. The normalized spacial score (nSPS) is 14.0. The van der Waals surface area contributed by atoms with Gasteiger partial charge in [0, 0.05) is 12.1 Å². The summed E-state index contributed by atoms with van der Waals surface area (Å²) in [5.74, 6) is 2.39. The average molecular weight is 411 g/mol. The number of nitrogens with one attached hydrogen (secondary N) is 2. The molecule has 4 nitrogen and oxygen atoms in total. The van der Waals surface area contributed by atoms with E-state index >= 15 is 0 Å². The molecule has 0 saturated carbocycles. The fraction of sp³-hybridized carbons (Fsp3) is 0.429. The minimum Gasteiger partial charge on any atom is -1.00 e. The number of benzene rings is 2. The molecule has 0 amide bonds. The lowest BCUT2D eigenvalue weighted by atomic mass is 9.98. The van der Waals surface area contributed by atoms with Crippen LogP contribution < -0.4 is 44.9 Å². The van der Waals surface area contributed by atoms with Crippen LogP contribution in [0.2, 0.25) is 0 Å². The van der Waals surface area contributed by atoms with Crippen LogP contribution in [-0.4, -0.2) is 26.7 Å². The van der Waals surface area contributed by atoms with Crippen molar-refractivity contribution in [3.8, 4) is 11.5 Å². The quantitative estimate of drug-likeness (QED) is 0.499. The highest BCUT2D eigenvalue weighted by atomic mass is 35.5. The number of rotatable bonds is 8. The first-order valence-corrected chi connectivity index (χ1v) is 9.11. The predicted octanol–water partition coefficient (Wildman–Crippen LogP) is -2.63. The Morgan fingerprint density at radius 1 is 1.00 bits per heavy atom. The van der Waals surface area contributed by atoms with Gasteiger partial charge in [0.1, 0.15) is 6.61 Å². The summed E-state index contributed by atoms with van der Waals surface area (Å²) in [5, 5.41) is 7.01. The summed E-state index contributed by atoms with van der Waals surface area (Å²) in [6.07, 6.45) is 2.50. The summed E-state index contributed by atoms with van der Waals surface area (Å²) in [6, 6.07) is 16.3. The Balaban J connectivity index is 0.00000182. The van der Waals surface area contributed by atoms with Crippen molar-refractivity contribution < 1.29 is 34.3 Å². The molecule has 0 bridgehead atoms. The van der Waals surface area contributed by atoms with Crippen LogP contribution in [0.1, 0.15) is 24.0 Å². The Morgan fingerprint density at radius 2 is 1.74 bits per heavy atom. The van der Waals surface area contributed by atoms with E-state index in [2.05, 4.69) is 28.8 Å². The van der Waals surface area contributed by atoms with Crippen molar-refractivity contribution in [1.82, 2.24) is 10.6 Å². The third-order valence-electron chi connectivity index (χ3n) is 4.71. The van der Waals surface area contributed by atoms with E-state index in [0.29, 0.717) is 6.61 Å². The van der Waals surface area contributed by atoms with Crippen molar-refractivity contribution in [2.75, 3.05) is 26.7 Å². The number of hydrogen-bond acceptors (Lipinski definition) is 4. The number of methoxy groups -OCH3 is 1. The first-order chi connectivity index (χ1) is 12.4. The molecule has 0 aliphatic carbocycles. The van der Waals surface area contributed by atoms with Crippen LogP contribution in [0, 0.1) is 5.92 Å². The summed E-state index contributed by atoms with van der Waals surface area (Å²) in [7, 11) is 1.69. The number of hydrogen-bond donors (Lipinski definition) is 2. The minimum absolute atomic E-state index is 0. The van der Waals surface area contributed by atoms with Gasteiger partial charge in [-0.1, -0.05) is 42.5 Å². The lowest BCUT2D eigenvalue weighted by molar-refractivity contribution is -0.00100. The monoisotopic (exact) mass is 410 g/mol. The molecule has 1 fully saturated rings. The minimum atomic E-state index is 0. The van der Waals surface area contributed by atoms with E-state index in [4.69, 9.17) is 9.47 Å². The van der Waals surface area contributed by atoms with Gasteiger partial charge in [0.25, 0.3) is 0 Å². The Morgan fingerprint density at radius 3 is 2.44 bits per heavy atom. The van der Waals surface area contributed by atoms with Crippen LogP contribution in [0.4, 0.5) is 0 Å². The van der Waals surface area contributed by atoms with Gasteiger partial charge in [-0.05, 0) is 50.0 Å². The summed E-state index contributed by atoms with van der Waals surface area (Å²) >= 11 is 0. The van der Waals surface area contributed by atoms with Gasteiger partial charge < -0.3 is 44.9 Å². The van der Waals surface area contributed by atoms with Crippen LogP contribution in [0.25, 0.3) is 0 Å². The van der Waals surface area contributed by atoms with Gasteiger partial charge in [-0.25, -0.2) is 0 Å². The smallest absolute Gasteiger partial charge is 0.166 e. The van der Waals surface area contributed by atoms with E-state index < -0.39 is 0 Å². The zero-order valence-electron chi connectivity index (χ0n) is 15.7. The number of para-hydroxylation sites is 1. The Bertz CT molecular complexity index is 650. The van der Waals surface area contributed by atoms with Crippen LogP contribution in [-0.2, 0) is 13.2 Å². The molecule has 1 saturated heterocycles. The van der Waals surface area contributed by atoms with Gasteiger partial charge in [-0.2, -0.15) is 0 Å². The van der Waals surface area contributed by atoms with E-state index in [1.807, 2.05) is 30.3 Å². The number of halogens is 2. The number of piperidine rings is 1. The summed E-state index contributed by atoms with van der Waals surface area (Å²) in [6.45, 7) is 4.67. The summed E-state index contributed by atoms with van der Waals surface area (Å²) < 4.78 is 11.6. The molecule has 0 atom stereocenters. The molecule has 1 aliphatic rings. The Labute approximate surface area is 174 Å². The highest BCUT2D eigenvalue weighted by Gasteiger charge is 2.14. The molecule has 1 aliphatic heterocycles. The van der Waals surface area contributed by atoms with Crippen molar-refractivity contribution in [1.29, 1.82) is 0 Å². The van der Waals surface area contributed by atoms with Gasteiger partial charge >= 0.3 is 0 Å². The third kappa shape index (κ3) is 7.23. The molecule has 2 aromatic rings. The van der Waals surface area contributed by atoms with Crippen LogP contribution in [0.3, 0.4) is 0 Å². The molecule has 0 spiro atoms. The van der Waals surface area contributed by atoms with Crippen LogP contribution >= 0.6 is 0 Å². The lowest BCUT2D eigenvalue weighted by Crippen LogP contribution is -3.00. The second kappa shape index (κ2) is 12.8. The molecule has 2 aromatic carbocycles. The molecular formula is C21H28Cl2N2O2-2. The molecule has 0 radical (unpaired) electrons. The topological polar surface area (TPSA) is 42.5 Å². The third-order valence-corrected chi connectivity index (χ3v) is 4.71. The second-order valence-electron chi connectivity index (χ2n) is 6.55. The van der Waals surface area contributed by atoms with Gasteiger partial charge in [0.05, 0.1) is 7.11 Å². The van der Waals surface area contributed by atoms with E-state index in [1.54, 1.807) is 7.11 Å². The maximum atomic E-state index is 6.11. The Kier molecular flexibility index (Phi) is 11.2. The van der Waals surface area contributed by atoms with Crippen molar-refractivity contribution in [2.45, 2.75) is 26.0 Å². The molecule has 1 heterocycles. The van der Waals surface area contributed by atoms with Gasteiger partial charge in [-0.15, -0.1) is 0 Å². The molecular weight excluding hydrogens is 383 g/mol. The summed E-state index contributed by atoms with van der Waals surface area (Å²) in [5.41, 5.74) is 2.30. The van der Waals surface area contributed by atoms with Crippen LogP contribution in [0.15, 0.2) is 48.5 Å². The van der Waals surface area contributed by atoms with Crippen molar-refractivity contribution in [2.24, 2.45) is 5.92 Å². The van der Waals surface area contributed by atoms with Gasteiger partial charge in [0.15, 0.2) is 11.5 Å². The molecule has 27 heavy (non-hydrogen) atoms. The van der Waals surface area contributed by atoms with Crippen LogP contribution in [0.5, 0.6) is 11.5 Å². The fourth-order valence-corrected chi connectivity index (χ4v) is 3.25. The van der Waals surface area contributed by atoms with Crippen molar-refractivity contribution >= 4 is 0 Å². The van der Waals surface area contributed by atoms with Gasteiger partial charge in [0.2, 0.25) is 0 Å². The largest absolute Gasteiger partial charge is 1.00 e. The SMILES string of the molecule is COc1cccc(CNCC2CCNCC2)c1OCc1ccccc1.[Cl-].[Cl-]. The second-order valence-corrected chi connectivity index (χ2v) is 6.55. The molecule has 0 aromatic heterocycles. The number of ether oxygens (including phenoxy) is 2.